The van der Waals surface area contributed by atoms with Crippen LogP contribution >= 0.6 is 0 Å². The Balaban J connectivity index is 2.28. The number of hydrogen-bond donors (Lipinski definition) is 1. The third-order valence-electron chi connectivity index (χ3n) is 1.77. The molecule has 1 saturated heterocycles. The quantitative estimate of drug-likeness (QED) is 0.620. The van der Waals surface area contributed by atoms with Crippen LogP contribution in [0.15, 0.2) is 24.5 Å². The molecule has 0 saturated carbocycles. The molecule has 1 aromatic heterocycles. The van der Waals surface area contributed by atoms with Crippen LogP contribution in [0.5, 0.6) is 0 Å². The lowest BCUT2D eigenvalue weighted by atomic mass is 10.4. The van der Waals surface area contributed by atoms with E-state index in [4.69, 9.17) is 0 Å². The minimum absolute atomic E-state index is 0.0862. The van der Waals surface area contributed by atoms with Crippen LogP contribution in [0.25, 0.3) is 0 Å². The number of rotatable bonds is 1. The number of nitrogens with zero attached hydrogens (tertiary/aromatic N) is 2. The van der Waals surface area contributed by atoms with Crippen molar-refractivity contribution >= 4 is 17.6 Å². The third-order valence-corrected chi connectivity index (χ3v) is 1.77. The first-order chi connectivity index (χ1) is 6.27. The number of carbonyl (C=O) groups is 2. The van der Waals surface area contributed by atoms with E-state index in [0.717, 1.165) is 0 Å². The lowest BCUT2D eigenvalue weighted by molar-refractivity contribution is -0.117. The molecule has 1 N–H and O–H groups in total. The minimum Gasteiger partial charge on any atom is -0.285 e. The molecular formula is C8H7N3O2. The van der Waals surface area contributed by atoms with Gasteiger partial charge in [0, 0.05) is 18.1 Å². The largest absolute Gasteiger partial charge is 0.329 e. The summed E-state index contributed by atoms with van der Waals surface area (Å²) in [6, 6.07) is 2.98. The van der Waals surface area contributed by atoms with Gasteiger partial charge in [-0.2, -0.15) is 0 Å². The molecule has 0 aromatic carbocycles. The summed E-state index contributed by atoms with van der Waals surface area (Å²) in [5.74, 6) is -0.276. The van der Waals surface area contributed by atoms with Crippen molar-refractivity contribution in [2.45, 2.75) is 0 Å². The van der Waals surface area contributed by atoms with E-state index in [2.05, 4.69) is 10.3 Å². The van der Waals surface area contributed by atoms with Crippen molar-refractivity contribution in [2.75, 3.05) is 11.4 Å². The van der Waals surface area contributed by atoms with Crippen molar-refractivity contribution in [1.82, 2.24) is 10.3 Å². The molecule has 3 amide bonds. The van der Waals surface area contributed by atoms with Crippen molar-refractivity contribution in [1.29, 1.82) is 0 Å². The van der Waals surface area contributed by atoms with E-state index in [0.29, 0.717) is 5.69 Å². The number of hydrogen-bond acceptors (Lipinski definition) is 3. The van der Waals surface area contributed by atoms with Gasteiger partial charge in [0.1, 0.15) is 6.54 Å². The van der Waals surface area contributed by atoms with Crippen LogP contribution in [0.3, 0.4) is 0 Å². The van der Waals surface area contributed by atoms with Gasteiger partial charge in [-0.1, -0.05) is 0 Å². The summed E-state index contributed by atoms with van der Waals surface area (Å²) in [4.78, 5) is 27.2. The second kappa shape index (κ2) is 2.85. The first-order valence-electron chi connectivity index (χ1n) is 3.79. The minimum atomic E-state index is -0.379. The van der Waals surface area contributed by atoms with Gasteiger partial charge in [0.25, 0.3) is 0 Å². The topological polar surface area (TPSA) is 62.3 Å². The fourth-order valence-electron chi connectivity index (χ4n) is 1.17. The maximum Gasteiger partial charge on any atom is 0.329 e. The SMILES string of the molecule is O=C1CN(c2ccncc2)C(=O)N1. The second-order valence-electron chi connectivity index (χ2n) is 2.64. The normalized spacial score (nSPS) is 16.2. The lowest BCUT2D eigenvalue weighted by Crippen LogP contribution is -2.27. The maximum absolute atomic E-state index is 11.2. The smallest absolute Gasteiger partial charge is 0.285 e. The molecule has 0 bridgehead atoms. The third kappa shape index (κ3) is 1.35. The zero-order valence-corrected chi connectivity index (χ0v) is 6.73. The van der Waals surface area contributed by atoms with E-state index < -0.39 is 0 Å². The summed E-state index contributed by atoms with van der Waals surface area (Å²) in [6.07, 6.45) is 3.15. The van der Waals surface area contributed by atoms with Crippen LogP contribution < -0.4 is 10.2 Å². The highest BCUT2D eigenvalue weighted by molar-refractivity contribution is 6.12. The molecule has 2 heterocycles. The predicted octanol–water partition coefficient (Wildman–Crippen LogP) is 0.138. The lowest BCUT2D eigenvalue weighted by Gasteiger charge is -2.11. The average molecular weight is 177 g/mol. The number of amides is 3. The summed E-state index contributed by atoms with van der Waals surface area (Å²) in [5.41, 5.74) is 0.679. The predicted molar refractivity (Wildman–Crippen MR) is 45.1 cm³/mol. The van der Waals surface area contributed by atoms with E-state index >= 15 is 0 Å². The highest BCUT2D eigenvalue weighted by Gasteiger charge is 2.27. The molecule has 0 spiro atoms. The van der Waals surface area contributed by atoms with E-state index in [1.807, 2.05) is 0 Å². The van der Waals surface area contributed by atoms with Crippen LogP contribution in [0.1, 0.15) is 0 Å². The van der Waals surface area contributed by atoms with Crippen LogP contribution in [0.2, 0.25) is 0 Å². The number of carbonyl (C=O) groups excluding carboxylic acids is 2. The van der Waals surface area contributed by atoms with Gasteiger partial charge in [-0.15, -0.1) is 0 Å². The molecule has 13 heavy (non-hydrogen) atoms. The van der Waals surface area contributed by atoms with Gasteiger partial charge < -0.3 is 0 Å². The monoisotopic (exact) mass is 177 g/mol. The van der Waals surface area contributed by atoms with E-state index in [9.17, 15) is 9.59 Å². The first-order valence-corrected chi connectivity index (χ1v) is 3.79. The summed E-state index contributed by atoms with van der Waals surface area (Å²) >= 11 is 0. The zero-order chi connectivity index (χ0) is 9.26. The molecule has 0 radical (unpaired) electrons. The molecule has 0 aliphatic carbocycles. The number of urea groups is 1. The number of pyridine rings is 1. The summed E-state index contributed by atoms with van der Waals surface area (Å²) < 4.78 is 0. The van der Waals surface area contributed by atoms with Crippen molar-refractivity contribution in [3.63, 3.8) is 0 Å². The average Bonchev–Trinajstić information content (AvgIpc) is 2.47. The van der Waals surface area contributed by atoms with Gasteiger partial charge in [-0.25, -0.2) is 4.79 Å². The molecule has 5 nitrogen and oxygen atoms in total. The number of nitrogens with one attached hydrogen (secondary N) is 1. The molecule has 1 aromatic rings. The number of aromatic nitrogens is 1. The Hall–Kier alpha value is -1.91. The molecular weight excluding hydrogens is 170 g/mol. The Kier molecular flexibility index (Phi) is 1.70. The molecule has 1 fully saturated rings. The van der Waals surface area contributed by atoms with Crippen molar-refractivity contribution in [3.05, 3.63) is 24.5 Å². The Morgan fingerprint density at radius 3 is 2.54 bits per heavy atom. The summed E-state index contributed by atoms with van der Waals surface area (Å²) in [6.45, 7) is 0.0862. The first kappa shape index (κ1) is 7.72. The molecule has 2 rings (SSSR count). The van der Waals surface area contributed by atoms with Crippen LogP contribution in [0, 0.1) is 0 Å². The fourth-order valence-corrected chi connectivity index (χ4v) is 1.17. The fraction of sp³-hybridized carbons (Fsp3) is 0.125. The van der Waals surface area contributed by atoms with E-state index in [1.165, 1.54) is 4.90 Å². The summed E-state index contributed by atoms with van der Waals surface area (Å²) in [5, 5.41) is 2.19. The Morgan fingerprint density at radius 2 is 2.00 bits per heavy atom. The molecule has 1 aliphatic heterocycles. The van der Waals surface area contributed by atoms with Gasteiger partial charge in [0.2, 0.25) is 5.91 Å². The van der Waals surface area contributed by atoms with Crippen molar-refractivity contribution in [2.24, 2.45) is 0 Å². The van der Waals surface area contributed by atoms with Gasteiger partial charge in [0.05, 0.1) is 0 Å². The van der Waals surface area contributed by atoms with Gasteiger partial charge in [-0.3, -0.25) is 20.0 Å². The summed E-state index contributed by atoms with van der Waals surface area (Å²) in [7, 11) is 0. The second-order valence-corrected chi connectivity index (χ2v) is 2.64. The highest BCUT2D eigenvalue weighted by atomic mass is 16.2. The standard InChI is InChI=1S/C8H7N3O2/c12-7-5-11(8(13)10-7)6-1-3-9-4-2-6/h1-4H,5H2,(H,10,12,13). The molecule has 0 atom stereocenters. The van der Waals surface area contributed by atoms with Gasteiger partial charge in [0.15, 0.2) is 0 Å². The van der Waals surface area contributed by atoms with Crippen molar-refractivity contribution in [3.8, 4) is 0 Å². The van der Waals surface area contributed by atoms with Crippen molar-refractivity contribution < 1.29 is 9.59 Å². The van der Waals surface area contributed by atoms with E-state index in [-0.39, 0.29) is 18.5 Å². The molecule has 5 heteroatoms. The molecule has 0 unspecified atom stereocenters. The Labute approximate surface area is 74.4 Å². The molecule has 66 valence electrons. The Bertz CT molecular complexity index is 350. The zero-order valence-electron chi connectivity index (χ0n) is 6.73. The Morgan fingerprint density at radius 1 is 1.31 bits per heavy atom. The number of imide groups is 1. The van der Waals surface area contributed by atoms with E-state index in [1.54, 1.807) is 24.5 Å². The van der Waals surface area contributed by atoms with Crippen LogP contribution in [0.4, 0.5) is 10.5 Å². The number of anilines is 1. The highest BCUT2D eigenvalue weighted by Crippen LogP contribution is 2.14. The van der Waals surface area contributed by atoms with Crippen LogP contribution in [-0.2, 0) is 4.79 Å². The maximum atomic E-state index is 11.2. The van der Waals surface area contributed by atoms with Crippen LogP contribution in [-0.4, -0.2) is 23.5 Å². The molecule has 1 aliphatic rings. The van der Waals surface area contributed by atoms with Gasteiger partial charge in [-0.05, 0) is 12.1 Å². The van der Waals surface area contributed by atoms with Gasteiger partial charge >= 0.3 is 6.03 Å².